The van der Waals surface area contributed by atoms with Gasteiger partial charge >= 0.3 is 0 Å². The molecule has 1 saturated heterocycles. The molecule has 0 aliphatic carbocycles. The van der Waals surface area contributed by atoms with Crippen LogP contribution in [0.2, 0.25) is 0 Å². The van der Waals surface area contributed by atoms with Crippen LogP contribution in [0.5, 0.6) is 0 Å². The minimum atomic E-state index is -2.73. The Balaban J connectivity index is 1.99. The van der Waals surface area contributed by atoms with Gasteiger partial charge in [0.1, 0.15) is 0 Å². The highest BCUT2D eigenvalue weighted by molar-refractivity contribution is 9.10. The summed E-state index contributed by atoms with van der Waals surface area (Å²) in [6.07, 6.45) is 0. The van der Waals surface area contributed by atoms with Gasteiger partial charge in [0.25, 0.3) is 0 Å². The standard InChI is InChI=1S/C11H14BrNO2S/c1-13(10-7-16(14,15)8-10)6-9-4-2-3-5-11(9)12/h2-5,10H,6-8H2,1H3. The Bertz CT molecular complexity index is 475. The number of benzene rings is 1. The number of sulfone groups is 1. The van der Waals surface area contributed by atoms with E-state index in [1.807, 2.05) is 31.3 Å². The van der Waals surface area contributed by atoms with Crippen molar-refractivity contribution in [2.75, 3.05) is 18.6 Å². The summed E-state index contributed by atoms with van der Waals surface area (Å²) in [5.41, 5.74) is 1.19. The van der Waals surface area contributed by atoms with Gasteiger partial charge in [-0.3, -0.25) is 4.90 Å². The molecular weight excluding hydrogens is 290 g/mol. The molecule has 16 heavy (non-hydrogen) atoms. The molecule has 0 amide bonds. The summed E-state index contributed by atoms with van der Waals surface area (Å²) in [6, 6.07) is 8.19. The Morgan fingerprint density at radius 3 is 2.56 bits per heavy atom. The van der Waals surface area contributed by atoms with Crippen LogP contribution in [0.4, 0.5) is 0 Å². The fourth-order valence-corrected chi connectivity index (χ4v) is 3.81. The molecule has 0 aromatic heterocycles. The lowest BCUT2D eigenvalue weighted by molar-refractivity contribution is 0.254. The van der Waals surface area contributed by atoms with Crippen molar-refractivity contribution >= 4 is 25.8 Å². The maximum Gasteiger partial charge on any atom is 0.153 e. The number of halogens is 1. The van der Waals surface area contributed by atoms with E-state index >= 15 is 0 Å². The molecular formula is C11H14BrNO2S. The van der Waals surface area contributed by atoms with E-state index in [9.17, 15) is 8.42 Å². The maximum atomic E-state index is 11.1. The van der Waals surface area contributed by atoms with Crippen molar-refractivity contribution in [3.05, 3.63) is 34.3 Å². The second-order valence-corrected chi connectivity index (χ2v) is 7.25. The molecule has 0 spiro atoms. The minimum absolute atomic E-state index is 0.178. The second-order valence-electron chi connectivity index (χ2n) is 4.24. The third kappa shape index (κ3) is 2.64. The van der Waals surface area contributed by atoms with Crippen molar-refractivity contribution in [2.24, 2.45) is 0 Å². The highest BCUT2D eigenvalue weighted by Crippen LogP contribution is 2.21. The number of hydrogen-bond donors (Lipinski definition) is 0. The predicted molar refractivity (Wildman–Crippen MR) is 68.1 cm³/mol. The maximum absolute atomic E-state index is 11.1. The Labute approximate surface area is 105 Å². The van der Waals surface area contributed by atoms with Crippen LogP contribution in [-0.2, 0) is 16.4 Å². The highest BCUT2D eigenvalue weighted by Gasteiger charge is 2.35. The lowest BCUT2D eigenvalue weighted by Crippen LogP contribution is -2.51. The van der Waals surface area contributed by atoms with Gasteiger partial charge in [0.05, 0.1) is 11.5 Å². The van der Waals surface area contributed by atoms with E-state index in [-0.39, 0.29) is 6.04 Å². The highest BCUT2D eigenvalue weighted by atomic mass is 79.9. The number of hydrogen-bond acceptors (Lipinski definition) is 3. The zero-order chi connectivity index (χ0) is 11.8. The van der Waals surface area contributed by atoms with Gasteiger partial charge in [0.2, 0.25) is 0 Å². The second kappa shape index (κ2) is 4.47. The first-order valence-electron chi connectivity index (χ1n) is 5.12. The Kier molecular flexibility index (Phi) is 3.37. The van der Waals surface area contributed by atoms with Crippen LogP contribution < -0.4 is 0 Å². The first-order valence-corrected chi connectivity index (χ1v) is 7.73. The van der Waals surface area contributed by atoms with Crippen LogP contribution in [-0.4, -0.2) is 37.9 Å². The van der Waals surface area contributed by atoms with Crippen LogP contribution >= 0.6 is 15.9 Å². The van der Waals surface area contributed by atoms with Crippen molar-refractivity contribution in [1.82, 2.24) is 4.90 Å². The molecule has 88 valence electrons. The SMILES string of the molecule is CN(Cc1ccccc1Br)C1CS(=O)(=O)C1. The summed E-state index contributed by atoms with van der Waals surface area (Å²) in [7, 11) is -0.760. The molecule has 0 saturated carbocycles. The normalized spacial score (nSPS) is 19.7. The monoisotopic (exact) mass is 303 g/mol. The van der Waals surface area contributed by atoms with E-state index in [1.54, 1.807) is 0 Å². The lowest BCUT2D eigenvalue weighted by atomic mass is 10.2. The molecule has 1 aliphatic rings. The third-order valence-electron chi connectivity index (χ3n) is 2.89. The molecule has 5 heteroatoms. The van der Waals surface area contributed by atoms with Crippen LogP contribution in [0.15, 0.2) is 28.7 Å². The average Bonchev–Trinajstić information content (AvgIpc) is 2.17. The molecule has 1 heterocycles. The minimum Gasteiger partial charge on any atom is -0.297 e. The molecule has 3 nitrogen and oxygen atoms in total. The van der Waals surface area contributed by atoms with E-state index in [2.05, 4.69) is 20.8 Å². The van der Waals surface area contributed by atoms with Crippen molar-refractivity contribution in [3.63, 3.8) is 0 Å². The predicted octanol–water partition coefficient (Wildman–Crippen LogP) is 1.68. The first-order chi connectivity index (χ1) is 7.48. The summed E-state index contributed by atoms with van der Waals surface area (Å²) >= 11 is 3.49. The molecule has 1 aromatic rings. The molecule has 0 bridgehead atoms. The lowest BCUT2D eigenvalue weighted by Gasteiger charge is -2.34. The number of rotatable bonds is 3. The first kappa shape index (κ1) is 12.1. The molecule has 1 fully saturated rings. The zero-order valence-corrected chi connectivity index (χ0v) is 11.5. The number of nitrogens with zero attached hydrogens (tertiary/aromatic N) is 1. The Morgan fingerprint density at radius 1 is 1.38 bits per heavy atom. The van der Waals surface area contributed by atoms with Gasteiger partial charge in [-0.25, -0.2) is 8.42 Å². The van der Waals surface area contributed by atoms with Gasteiger partial charge in [0.15, 0.2) is 9.84 Å². The summed E-state index contributed by atoms with van der Waals surface area (Å²) in [5, 5.41) is 0. The fourth-order valence-electron chi connectivity index (χ4n) is 1.82. The summed E-state index contributed by atoms with van der Waals surface area (Å²) in [4.78, 5) is 2.10. The van der Waals surface area contributed by atoms with Gasteiger partial charge in [0, 0.05) is 17.1 Å². The Morgan fingerprint density at radius 2 is 2.00 bits per heavy atom. The summed E-state index contributed by atoms with van der Waals surface area (Å²) in [6.45, 7) is 0.779. The van der Waals surface area contributed by atoms with E-state index in [4.69, 9.17) is 0 Å². The zero-order valence-electron chi connectivity index (χ0n) is 9.06. The largest absolute Gasteiger partial charge is 0.297 e. The van der Waals surface area contributed by atoms with Gasteiger partial charge in [-0.15, -0.1) is 0 Å². The van der Waals surface area contributed by atoms with Crippen molar-refractivity contribution in [1.29, 1.82) is 0 Å². The van der Waals surface area contributed by atoms with Gasteiger partial charge < -0.3 is 0 Å². The molecule has 0 N–H and O–H groups in total. The molecule has 2 rings (SSSR count). The molecule has 0 atom stereocenters. The third-order valence-corrected chi connectivity index (χ3v) is 5.45. The molecule has 1 aromatic carbocycles. The Hall–Kier alpha value is -0.390. The van der Waals surface area contributed by atoms with Crippen LogP contribution in [0.25, 0.3) is 0 Å². The van der Waals surface area contributed by atoms with Crippen LogP contribution in [0, 0.1) is 0 Å². The quantitative estimate of drug-likeness (QED) is 0.852. The van der Waals surface area contributed by atoms with Crippen LogP contribution in [0.3, 0.4) is 0 Å². The van der Waals surface area contributed by atoms with Crippen molar-refractivity contribution < 1.29 is 8.42 Å². The van der Waals surface area contributed by atoms with E-state index in [1.165, 1.54) is 5.56 Å². The molecule has 0 unspecified atom stereocenters. The molecule has 0 radical (unpaired) electrons. The van der Waals surface area contributed by atoms with Gasteiger partial charge in [-0.05, 0) is 18.7 Å². The van der Waals surface area contributed by atoms with E-state index in [0.29, 0.717) is 11.5 Å². The van der Waals surface area contributed by atoms with Crippen molar-refractivity contribution in [3.8, 4) is 0 Å². The summed E-state index contributed by atoms with van der Waals surface area (Å²) in [5.74, 6) is 0.599. The van der Waals surface area contributed by atoms with Crippen molar-refractivity contribution in [2.45, 2.75) is 12.6 Å². The average molecular weight is 304 g/mol. The topological polar surface area (TPSA) is 37.4 Å². The van der Waals surface area contributed by atoms with E-state index < -0.39 is 9.84 Å². The summed E-state index contributed by atoms with van der Waals surface area (Å²) < 4.78 is 23.2. The van der Waals surface area contributed by atoms with Gasteiger partial charge in [-0.2, -0.15) is 0 Å². The smallest absolute Gasteiger partial charge is 0.153 e. The fraction of sp³-hybridized carbons (Fsp3) is 0.455. The molecule has 1 aliphatic heterocycles. The van der Waals surface area contributed by atoms with Gasteiger partial charge in [-0.1, -0.05) is 34.1 Å². The van der Waals surface area contributed by atoms with E-state index in [0.717, 1.165) is 11.0 Å². The van der Waals surface area contributed by atoms with Crippen LogP contribution in [0.1, 0.15) is 5.56 Å².